The summed E-state index contributed by atoms with van der Waals surface area (Å²) >= 11 is 0. The molecule has 0 aromatic heterocycles. The second-order valence-corrected chi connectivity index (χ2v) is 2.80. The minimum absolute atomic E-state index is 0.186. The molecule has 2 atom stereocenters. The lowest BCUT2D eigenvalue weighted by atomic mass is 9.97. The molecule has 2 unspecified atom stereocenters. The molecule has 0 amide bonds. The first-order valence-electron chi connectivity index (χ1n) is 3.79. The van der Waals surface area contributed by atoms with E-state index >= 15 is 0 Å². The Morgan fingerprint density at radius 2 is 2.40 bits per heavy atom. The number of rotatable bonds is 2. The lowest BCUT2D eigenvalue weighted by Crippen LogP contribution is -2.33. The van der Waals surface area contributed by atoms with Crippen molar-refractivity contribution in [3.63, 3.8) is 0 Å². The molecule has 0 aromatic rings. The van der Waals surface area contributed by atoms with Crippen LogP contribution in [0.4, 0.5) is 0 Å². The summed E-state index contributed by atoms with van der Waals surface area (Å²) in [5.74, 6) is 0.419. The van der Waals surface area contributed by atoms with Crippen LogP contribution in [0.25, 0.3) is 0 Å². The van der Waals surface area contributed by atoms with Gasteiger partial charge in [-0.2, -0.15) is 0 Å². The van der Waals surface area contributed by atoms with E-state index in [0.717, 1.165) is 19.4 Å². The van der Waals surface area contributed by atoms with Crippen LogP contribution < -0.4 is 5.73 Å². The van der Waals surface area contributed by atoms with Gasteiger partial charge in [-0.15, -0.1) is 0 Å². The van der Waals surface area contributed by atoms with Crippen LogP contribution in [0.3, 0.4) is 0 Å². The predicted molar refractivity (Wildman–Crippen MR) is 38.6 cm³/mol. The van der Waals surface area contributed by atoms with Gasteiger partial charge in [0.25, 0.3) is 0 Å². The van der Waals surface area contributed by atoms with E-state index in [1.807, 2.05) is 0 Å². The number of hydrogen-bond donors (Lipinski definition) is 2. The van der Waals surface area contributed by atoms with Gasteiger partial charge in [0.1, 0.15) is 0 Å². The Morgan fingerprint density at radius 3 is 3.00 bits per heavy atom. The van der Waals surface area contributed by atoms with Crippen molar-refractivity contribution < 1.29 is 9.84 Å². The van der Waals surface area contributed by atoms with Crippen LogP contribution >= 0.6 is 0 Å². The third kappa shape index (κ3) is 1.94. The molecule has 0 aliphatic carbocycles. The molecule has 0 bridgehead atoms. The largest absolute Gasteiger partial charge is 0.396 e. The fourth-order valence-corrected chi connectivity index (χ4v) is 1.29. The number of aliphatic hydroxyl groups is 1. The van der Waals surface area contributed by atoms with E-state index in [9.17, 15) is 0 Å². The highest BCUT2D eigenvalue weighted by molar-refractivity contribution is 4.71. The molecule has 0 radical (unpaired) electrons. The third-order valence-corrected chi connectivity index (χ3v) is 2.00. The molecule has 0 saturated carbocycles. The summed E-state index contributed by atoms with van der Waals surface area (Å²) in [7, 11) is 0. The van der Waals surface area contributed by atoms with Crippen LogP contribution in [0.15, 0.2) is 0 Å². The van der Waals surface area contributed by atoms with Gasteiger partial charge in [-0.3, -0.25) is 0 Å². The van der Waals surface area contributed by atoms with Gasteiger partial charge < -0.3 is 15.6 Å². The van der Waals surface area contributed by atoms with Crippen molar-refractivity contribution in [2.24, 2.45) is 11.7 Å². The van der Waals surface area contributed by atoms with E-state index in [1.54, 1.807) is 0 Å². The Kier molecular flexibility index (Phi) is 3.12. The van der Waals surface area contributed by atoms with Crippen LogP contribution in [0.2, 0.25) is 0 Å². The lowest BCUT2D eigenvalue weighted by molar-refractivity contribution is -0.0157. The van der Waals surface area contributed by atoms with Gasteiger partial charge in [0.2, 0.25) is 0 Å². The van der Waals surface area contributed by atoms with Crippen LogP contribution in [0.5, 0.6) is 0 Å². The van der Waals surface area contributed by atoms with Gasteiger partial charge in [-0.25, -0.2) is 0 Å². The summed E-state index contributed by atoms with van der Waals surface area (Å²) in [6.45, 7) is 1.61. The first-order chi connectivity index (χ1) is 4.86. The van der Waals surface area contributed by atoms with E-state index in [1.165, 1.54) is 0 Å². The van der Waals surface area contributed by atoms with Crippen molar-refractivity contribution in [3.05, 3.63) is 0 Å². The Hall–Kier alpha value is -0.120. The molecule has 10 heavy (non-hydrogen) atoms. The Morgan fingerprint density at radius 1 is 1.60 bits per heavy atom. The monoisotopic (exact) mass is 145 g/mol. The van der Waals surface area contributed by atoms with Crippen molar-refractivity contribution in [3.8, 4) is 0 Å². The van der Waals surface area contributed by atoms with Crippen LogP contribution in [-0.4, -0.2) is 31.0 Å². The summed E-state index contributed by atoms with van der Waals surface area (Å²) in [6, 6.07) is 0. The van der Waals surface area contributed by atoms with Crippen molar-refractivity contribution in [1.29, 1.82) is 0 Å². The molecule has 0 spiro atoms. The summed E-state index contributed by atoms with van der Waals surface area (Å²) < 4.78 is 5.32. The van der Waals surface area contributed by atoms with Crippen LogP contribution in [0.1, 0.15) is 12.8 Å². The Bertz CT molecular complexity index is 87.6. The molecule has 1 fully saturated rings. The van der Waals surface area contributed by atoms with Gasteiger partial charge in [0, 0.05) is 19.8 Å². The molecule has 1 aliphatic rings. The summed E-state index contributed by atoms with van der Waals surface area (Å²) in [6.07, 6.45) is 2.09. The zero-order valence-corrected chi connectivity index (χ0v) is 6.12. The van der Waals surface area contributed by atoms with E-state index in [-0.39, 0.29) is 12.7 Å². The number of ether oxygens (including phenoxy) is 1. The van der Waals surface area contributed by atoms with Gasteiger partial charge in [0.05, 0.1) is 6.10 Å². The molecular weight excluding hydrogens is 130 g/mol. The average Bonchev–Trinajstić information content (AvgIpc) is 2.05. The zero-order valence-electron chi connectivity index (χ0n) is 6.12. The second-order valence-electron chi connectivity index (χ2n) is 2.80. The van der Waals surface area contributed by atoms with Gasteiger partial charge in [-0.05, 0) is 18.8 Å². The lowest BCUT2D eigenvalue weighted by Gasteiger charge is -2.27. The van der Waals surface area contributed by atoms with Gasteiger partial charge in [0.15, 0.2) is 0 Å². The quantitative estimate of drug-likeness (QED) is 0.562. The molecule has 60 valence electrons. The van der Waals surface area contributed by atoms with Gasteiger partial charge >= 0.3 is 0 Å². The molecular formula is C7H15NO2. The maximum atomic E-state index is 8.81. The summed E-state index contributed by atoms with van der Waals surface area (Å²) in [4.78, 5) is 0. The Labute approximate surface area is 61.2 Å². The minimum atomic E-state index is 0.186. The van der Waals surface area contributed by atoms with Crippen molar-refractivity contribution in [1.82, 2.24) is 0 Å². The summed E-state index contributed by atoms with van der Waals surface area (Å²) in [5, 5.41) is 8.81. The number of aliphatic hydroxyl groups excluding tert-OH is 1. The van der Waals surface area contributed by atoms with Gasteiger partial charge in [-0.1, -0.05) is 0 Å². The molecule has 3 nitrogen and oxygen atoms in total. The number of hydrogen-bond acceptors (Lipinski definition) is 3. The molecule has 3 N–H and O–H groups in total. The average molecular weight is 145 g/mol. The minimum Gasteiger partial charge on any atom is -0.396 e. The highest BCUT2D eigenvalue weighted by Crippen LogP contribution is 2.18. The topological polar surface area (TPSA) is 55.5 Å². The Balaban J connectivity index is 2.25. The third-order valence-electron chi connectivity index (χ3n) is 2.00. The fourth-order valence-electron chi connectivity index (χ4n) is 1.29. The van der Waals surface area contributed by atoms with Crippen LogP contribution in [0, 0.1) is 5.92 Å². The maximum absolute atomic E-state index is 8.81. The van der Waals surface area contributed by atoms with Crippen molar-refractivity contribution in [2.75, 3.05) is 19.8 Å². The van der Waals surface area contributed by atoms with Crippen molar-refractivity contribution in [2.45, 2.75) is 18.9 Å². The normalized spacial score (nSPS) is 34.2. The van der Waals surface area contributed by atoms with Crippen LogP contribution in [-0.2, 0) is 4.74 Å². The van der Waals surface area contributed by atoms with E-state index < -0.39 is 0 Å². The first-order valence-corrected chi connectivity index (χ1v) is 3.79. The molecule has 1 aliphatic heterocycles. The highest BCUT2D eigenvalue weighted by Gasteiger charge is 2.20. The molecule has 0 aromatic carbocycles. The molecule has 1 saturated heterocycles. The molecule has 1 heterocycles. The maximum Gasteiger partial charge on any atom is 0.0700 e. The molecule has 3 heteroatoms. The predicted octanol–water partition coefficient (Wildman–Crippen LogP) is -0.267. The molecule has 1 rings (SSSR count). The number of nitrogens with two attached hydrogens (primary N) is 1. The zero-order chi connectivity index (χ0) is 7.40. The van der Waals surface area contributed by atoms with Crippen molar-refractivity contribution >= 4 is 0 Å². The first kappa shape index (κ1) is 7.98. The standard InChI is InChI=1S/C7H15NO2/c8-4-7-3-6(5-9)1-2-10-7/h6-7,9H,1-5,8H2. The highest BCUT2D eigenvalue weighted by atomic mass is 16.5. The van der Waals surface area contributed by atoms with E-state index in [2.05, 4.69) is 0 Å². The van der Waals surface area contributed by atoms with E-state index in [4.69, 9.17) is 15.6 Å². The smallest absolute Gasteiger partial charge is 0.0700 e. The second kappa shape index (κ2) is 3.91. The summed E-state index contributed by atoms with van der Waals surface area (Å²) in [5.41, 5.74) is 5.41. The van der Waals surface area contributed by atoms with E-state index in [0.29, 0.717) is 12.5 Å². The fraction of sp³-hybridized carbons (Fsp3) is 1.00. The SMILES string of the molecule is NCC1CC(CO)CCO1.